The molecule has 30 heavy (non-hydrogen) atoms. The number of hydrogen-bond donors (Lipinski definition) is 3. The van der Waals surface area contributed by atoms with Crippen molar-refractivity contribution in [3.8, 4) is 34.3 Å². The number of pyridine rings is 1. The molecule has 14 heteroatoms. The van der Waals surface area contributed by atoms with Crippen molar-refractivity contribution in [1.29, 1.82) is 0 Å². The maximum Gasteiger partial charge on any atom is 0.501 e. The molecule has 0 fully saturated rings. The van der Waals surface area contributed by atoms with Crippen LogP contribution in [0.2, 0.25) is 0 Å². The van der Waals surface area contributed by atoms with Crippen LogP contribution in [0.1, 0.15) is 5.69 Å². The van der Waals surface area contributed by atoms with Gasteiger partial charge in [0.15, 0.2) is 11.5 Å². The Kier molecular flexibility index (Phi) is 4.30. The van der Waals surface area contributed by atoms with E-state index < -0.39 is 39.5 Å². The molecule has 0 atom stereocenters. The van der Waals surface area contributed by atoms with E-state index in [4.69, 9.17) is 0 Å². The molecule has 0 saturated carbocycles. The Morgan fingerprint density at radius 2 is 1.80 bits per heavy atom. The summed E-state index contributed by atoms with van der Waals surface area (Å²) in [7, 11) is -4.52. The van der Waals surface area contributed by atoms with Gasteiger partial charge in [-0.2, -0.15) is 13.2 Å². The number of rotatable bonds is 3. The van der Waals surface area contributed by atoms with Crippen LogP contribution in [-0.2, 0) is 16.6 Å². The van der Waals surface area contributed by atoms with Crippen LogP contribution in [0, 0.1) is 0 Å². The van der Waals surface area contributed by atoms with Crippen molar-refractivity contribution >= 4 is 22.0 Å². The van der Waals surface area contributed by atoms with Crippen molar-refractivity contribution in [1.82, 2.24) is 15.0 Å². The van der Waals surface area contributed by atoms with Gasteiger partial charge < -0.3 is 23.9 Å². The fraction of sp³-hybridized carbons (Fsp3) is 0.0625. The molecule has 2 bridgehead atoms. The van der Waals surface area contributed by atoms with E-state index in [9.17, 15) is 31.8 Å². The maximum absolute atomic E-state index is 12.8. The van der Waals surface area contributed by atoms with Crippen molar-refractivity contribution in [3.63, 3.8) is 0 Å². The molecule has 1 aliphatic heterocycles. The van der Waals surface area contributed by atoms with Crippen LogP contribution < -0.4 is 13.7 Å². The largest absolute Gasteiger partial charge is 0.504 e. The highest BCUT2D eigenvalue weighted by Gasteiger charge is 2.35. The Labute approximate surface area is 165 Å². The van der Waals surface area contributed by atoms with Gasteiger partial charge in [0.05, 0.1) is 11.3 Å². The Balaban J connectivity index is 1.74. The molecule has 156 valence electrons. The molecule has 0 unspecified atom stereocenters. The first-order valence-corrected chi connectivity index (χ1v) is 9.23. The Morgan fingerprint density at radius 1 is 1.03 bits per heavy atom. The highest BCUT2D eigenvalue weighted by Crippen LogP contribution is 2.52. The minimum atomic E-state index is -4.64. The number of alkyl halides is 3. The predicted molar refractivity (Wildman–Crippen MR) is 93.5 cm³/mol. The second kappa shape index (κ2) is 6.62. The Morgan fingerprint density at radius 3 is 2.53 bits per heavy atom. The smallest absolute Gasteiger partial charge is 0.501 e. The average Bonchev–Trinajstić information content (AvgIpc) is 2.65. The molecule has 1 aromatic carbocycles. The number of nitrogens with one attached hydrogen (secondary N) is 1. The average molecular weight is 442 g/mol. The van der Waals surface area contributed by atoms with Crippen LogP contribution in [0.25, 0.3) is 11.3 Å². The van der Waals surface area contributed by atoms with Gasteiger partial charge in [0, 0.05) is 12.1 Å². The third kappa shape index (κ3) is 3.59. The summed E-state index contributed by atoms with van der Waals surface area (Å²) in [6.07, 6.45) is -3.61. The first kappa shape index (κ1) is 19.5. The second-order valence-corrected chi connectivity index (χ2v) is 6.99. The number of halogens is 3. The van der Waals surface area contributed by atoms with Crippen LogP contribution in [0.5, 0.6) is 23.0 Å². The monoisotopic (exact) mass is 442 g/mol. The van der Waals surface area contributed by atoms with E-state index in [0.717, 1.165) is 24.5 Å². The molecule has 3 aromatic rings. The zero-order chi connectivity index (χ0) is 21.7. The number of phenolic OH excluding ortho intramolecular Hbond substituents is 2. The lowest BCUT2D eigenvalue weighted by Gasteiger charge is -2.21. The molecule has 3 N–H and O–H groups in total. The summed E-state index contributed by atoms with van der Waals surface area (Å²) < 4.78 is 71.0. The van der Waals surface area contributed by atoms with Gasteiger partial charge >= 0.3 is 16.6 Å². The van der Waals surface area contributed by atoms with Crippen LogP contribution in [0.4, 0.5) is 24.8 Å². The summed E-state index contributed by atoms with van der Waals surface area (Å²) in [6.45, 7) is 0. The van der Waals surface area contributed by atoms with Crippen molar-refractivity contribution in [2.24, 2.45) is 0 Å². The molecule has 0 amide bonds. The van der Waals surface area contributed by atoms with Crippen molar-refractivity contribution in [2.75, 3.05) is 5.32 Å². The molecule has 0 radical (unpaired) electrons. The molecule has 2 aromatic heterocycles. The molecular weight excluding hydrogens is 433 g/mol. The lowest BCUT2D eigenvalue weighted by atomic mass is 10.1. The lowest BCUT2D eigenvalue weighted by molar-refractivity contribution is -0.141. The molecule has 0 aliphatic carbocycles. The van der Waals surface area contributed by atoms with Gasteiger partial charge in [-0.05, 0) is 12.1 Å². The zero-order valence-corrected chi connectivity index (χ0v) is 15.2. The minimum absolute atomic E-state index is 0.000259. The van der Waals surface area contributed by atoms with Crippen molar-refractivity contribution in [3.05, 3.63) is 42.4 Å². The summed E-state index contributed by atoms with van der Waals surface area (Å²) in [5.74, 6) is -2.73. The third-order valence-electron chi connectivity index (χ3n) is 3.80. The van der Waals surface area contributed by atoms with E-state index in [-0.39, 0.29) is 28.6 Å². The summed E-state index contributed by atoms with van der Waals surface area (Å²) in [5, 5.41) is 22.2. The first-order valence-electron chi connectivity index (χ1n) is 7.90. The molecule has 0 saturated heterocycles. The quantitative estimate of drug-likeness (QED) is 0.518. The van der Waals surface area contributed by atoms with Crippen LogP contribution in [0.3, 0.4) is 0 Å². The predicted octanol–water partition coefficient (Wildman–Crippen LogP) is 2.73. The minimum Gasteiger partial charge on any atom is -0.504 e. The SMILES string of the molecule is O=S1(=O)Oc2cc(O)c(O)c(c2-c2cc(Nc3cccc(C(F)(F)F)n3)ncn2)O1. The molecular formula is C16H9F3N4O6S. The number of nitrogens with zero attached hydrogens (tertiary/aromatic N) is 3. The summed E-state index contributed by atoms with van der Waals surface area (Å²) >= 11 is 0. The van der Waals surface area contributed by atoms with Crippen molar-refractivity contribution < 1.29 is 40.2 Å². The van der Waals surface area contributed by atoms with E-state index in [1.807, 2.05) is 0 Å². The van der Waals surface area contributed by atoms with Gasteiger partial charge in [-0.3, -0.25) is 0 Å². The molecule has 10 nitrogen and oxygen atoms in total. The first-order chi connectivity index (χ1) is 14.0. The number of aromatic nitrogens is 3. The fourth-order valence-corrected chi connectivity index (χ4v) is 3.34. The number of benzene rings is 1. The zero-order valence-electron chi connectivity index (χ0n) is 14.4. The highest BCUT2D eigenvalue weighted by molar-refractivity contribution is 7.82. The fourth-order valence-electron chi connectivity index (χ4n) is 2.59. The standard InChI is InChI=1S/C16H9F3N4O6S/c17-16(18,19)10-2-1-3-11(22-10)23-12-4-7(20-6-21-12)13-9-5-8(24)14(25)15(13)29-30(26,27)28-9/h1-6,24-25H,(H,20,21,22,23). The lowest BCUT2D eigenvalue weighted by Crippen LogP contribution is -2.21. The topological polar surface area (TPSA) is 144 Å². The maximum atomic E-state index is 12.8. The van der Waals surface area contributed by atoms with E-state index in [1.165, 1.54) is 12.1 Å². The Hall–Kier alpha value is -3.81. The van der Waals surface area contributed by atoms with E-state index in [2.05, 4.69) is 28.6 Å². The number of anilines is 2. The second-order valence-electron chi connectivity index (χ2n) is 5.84. The number of hydrogen-bond acceptors (Lipinski definition) is 10. The number of aromatic hydroxyl groups is 2. The van der Waals surface area contributed by atoms with Gasteiger partial charge in [0.1, 0.15) is 23.7 Å². The molecule has 4 rings (SSSR count). The van der Waals surface area contributed by atoms with E-state index in [1.54, 1.807) is 0 Å². The van der Waals surface area contributed by atoms with Crippen LogP contribution in [0.15, 0.2) is 36.7 Å². The Bertz CT molecular complexity index is 1270. The number of phenols is 2. The van der Waals surface area contributed by atoms with Gasteiger partial charge in [-0.25, -0.2) is 15.0 Å². The summed E-state index contributed by atoms with van der Waals surface area (Å²) in [4.78, 5) is 11.3. The summed E-state index contributed by atoms with van der Waals surface area (Å²) in [5.41, 5.74) is -1.26. The van der Waals surface area contributed by atoms with E-state index in [0.29, 0.717) is 0 Å². The summed E-state index contributed by atoms with van der Waals surface area (Å²) in [6, 6.07) is 5.31. The molecule has 1 aliphatic rings. The van der Waals surface area contributed by atoms with Gasteiger partial charge in [-0.15, -0.1) is 8.42 Å². The third-order valence-corrected chi connectivity index (χ3v) is 4.55. The van der Waals surface area contributed by atoms with Crippen molar-refractivity contribution in [2.45, 2.75) is 6.18 Å². The molecule has 3 heterocycles. The number of fused-ring (bicyclic) bond motifs is 2. The van der Waals surface area contributed by atoms with E-state index >= 15 is 0 Å². The van der Waals surface area contributed by atoms with Gasteiger partial charge in [-0.1, -0.05) is 6.07 Å². The van der Waals surface area contributed by atoms with Gasteiger partial charge in [0.2, 0.25) is 11.5 Å². The normalized spacial score (nSPS) is 14.5. The van der Waals surface area contributed by atoms with Gasteiger partial charge in [0.25, 0.3) is 0 Å². The van der Waals surface area contributed by atoms with Crippen LogP contribution >= 0.6 is 0 Å². The van der Waals surface area contributed by atoms with Crippen LogP contribution in [-0.4, -0.2) is 33.6 Å². The highest BCUT2D eigenvalue weighted by atomic mass is 32.3. The molecule has 0 spiro atoms.